The summed E-state index contributed by atoms with van der Waals surface area (Å²) in [6.45, 7) is 3.79. The molecule has 5 heteroatoms. The molecule has 108 valence electrons. The van der Waals surface area contributed by atoms with Gasteiger partial charge in [-0.3, -0.25) is 4.68 Å². The number of methoxy groups -OCH3 is 1. The van der Waals surface area contributed by atoms with Crippen molar-refractivity contribution in [2.24, 2.45) is 0 Å². The lowest BCUT2D eigenvalue weighted by molar-refractivity contribution is 0.403. The van der Waals surface area contributed by atoms with Crippen molar-refractivity contribution in [1.29, 1.82) is 0 Å². The molecule has 1 heterocycles. The number of hydrogen-bond donors (Lipinski definition) is 2. The molecule has 2 rings (SSSR count). The van der Waals surface area contributed by atoms with E-state index in [1.54, 1.807) is 19.4 Å². The first-order valence-corrected chi connectivity index (χ1v) is 6.78. The smallest absolute Gasteiger partial charge is 0.124 e. The molecule has 0 fully saturated rings. The Morgan fingerprint density at radius 3 is 2.95 bits per heavy atom. The molecule has 1 unspecified atom stereocenters. The maximum Gasteiger partial charge on any atom is 0.124 e. The van der Waals surface area contributed by atoms with E-state index in [-0.39, 0.29) is 11.8 Å². The van der Waals surface area contributed by atoms with Crippen LogP contribution in [0.3, 0.4) is 0 Å². The number of phenolic OH excluding ortho intramolecular Hbond substituents is 1. The van der Waals surface area contributed by atoms with E-state index >= 15 is 0 Å². The highest BCUT2D eigenvalue weighted by Gasteiger charge is 2.10. The second kappa shape index (κ2) is 6.96. The molecule has 0 aliphatic rings. The van der Waals surface area contributed by atoms with Crippen molar-refractivity contribution in [2.75, 3.05) is 13.7 Å². The summed E-state index contributed by atoms with van der Waals surface area (Å²) in [5.41, 5.74) is 0.880. The van der Waals surface area contributed by atoms with Crippen molar-refractivity contribution in [2.45, 2.75) is 25.9 Å². The van der Waals surface area contributed by atoms with Gasteiger partial charge in [0.15, 0.2) is 0 Å². The molecular weight excluding hydrogens is 254 g/mol. The van der Waals surface area contributed by atoms with Gasteiger partial charge in [0.2, 0.25) is 0 Å². The van der Waals surface area contributed by atoms with E-state index in [1.807, 2.05) is 36.0 Å². The van der Waals surface area contributed by atoms with E-state index in [1.165, 1.54) is 0 Å². The molecule has 0 spiro atoms. The molecule has 0 radical (unpaired) electrons. The number of nitrogens with one attached hydrogen (secondary N) is 1. The fraction of sp³-hybridized carbons (Fsp3) is 0.400. The summed E-state index contributed by atoms with van der Waals surface area (Å²) in [6, 6.07) is 7.40. The Kier molecular flexibility index (Phi) is 5.01. The number of benzene rings is 1. The summed E-state index contributed by atoms with van der Waals surface area (Å²) in [6.07, 6.45) is 4.73. The minimum Gasteiger partial charge on any atom is -0.507 e. The quantitative estimate of drug-likeness (QED) is 0.761. The molecule has 1 atom stereocenters. The molecule has 0 bridgehead atoms. The monoisotopic (exact) mass is 275 g/mol. The number of aromatic nitrogens is 2. The molecule has 0 amide bonds. The fourth-order valence-corrected chi connectivity index (χ4v) is 2.12. The molecule has 1 aromatic carbocycles. The molecule has 0 saturated heterocycles. The highest BCUT2D eigenvalue weighted by atomic mass is 16.5. The number of rotatable bonds is 7. The Hall–Kier alpha value is -2.01. The number of aromatic hydroxyl groups is 1. The summed E-state index contributed by atoms with van der Waals surface area (Å²) in [5, 5.41) is 17.5. The number of phenols is 1. The zero-order valence-electron chi connectivity index (χ0n) is 11.9. The van der Waals surface area contributed by atoms with Crippen molar-refractivity contribution >= 4 is 0 Å². The lowest BCUT2D eigenvalue weighted by Gasteiger charge is -2.16. The zero-order valence-corrected chi connectivity index (χ0v) is 11.9. The second-order valence-electron chi connectivity index (χ2n) is 4.72. The minimum absolute atomic E-state index is 0.0959. The van der Waals surface area contributed by atoms with Gasteiger partial charge >= 0.3 is 0 Å². The van der Waals surface area contributed by atoms with Crippen molar-refractivity contribution in [3.05, 3.63) is 42.2 Å². The van der Waals surface area contributed by atoms with Crippen LogP contribution in [0.4, 0.5) is 0 Å². The lowest BCUT2D eigenvalue weighted by atomic mass is 10.1. The molecule has 5 nitrogen and oxygen atoms in total. The molecule has 0 aliphatic carbocycles. The third-order valence-electron chi connectivity index (χ3n) is 3.28. The largest absolute Gasteiger partial charge is 0.507 e. The van der Waals surface area contributed by atoms with Gasteiger partial charge in [-0.05, 0) is 32.0 Å². The highest BCUT2D eigenvalue weighted by Crippen LogP contribution is 2.28. The second-order valence-corrected chi connectivity index (χ2v) is 4.72. The molecule has 2 aromatic rings. The van der Waals surface area contributed by atoms with Crippen LogP contribution >= 0.6 is 0 Å². The Morgan fingerprint density at radius 2 is 2.30 bits per heavy atom. The van der Waals surface area contributed by atoms with Crippen molar-refractivity contribution < 1.29 is 9.84 Å². The molecular formula is C15H21N3O2. The van der Waals surface area contributed by atoms with Gasteiger partial charge in [0.05, 0.1) is 7.11 Å². The van der Waals surface area contributed by atoms with Crippen molar-refractivity contribution in [3.63, 3.8) is 0 Å². The SMILES string of the molecule is COc1ccc(C(C)NCCCn2cccn2)c(O)c1. The predicted molar refractivity (Wildman–Crippen MR) is 77.9 cm³/mol. The Morgan fingerprint density at radius 1 is 1.45 bits per heavy atom. The summed E-state index contributed by atoms with van der Waals surface area (Å²) >= 11 is 0. The molecule has 2 N–H and O–H groups in total. The van der Waals surface area contributed by atoms with Crippen LogP contribution in [0.1, 0.15) is 24.9 Å². The fourth-order valence-electron chi connectivity index (χ4n) is 2.12. The summed E-state index contributed by atoms with van der Waals surface area (Å²) in [5.74, 6) is 0.925. The van der Waals surface area contributed by atoms with E-state index in [0.717, 1.165) is 25.1 Å². The highest BCUT2D eigenvalue weighted by molar-refractivity contribution is 5.41. The van der Waals surface area contributed by atoms with Gasteiger partial charge in [0.1, 0.15) is 11.5 Å². The normalized spacial score (nSPS) is 12.3. The van der Waals surface area contributed by atoms with Crippen LogP contribution in [-0.4, -0.2) is 28.5 Å². The minimum atomic E-state index is 0.0959. The first kappa shape index (κ1) is 14.4. The van der Waals surface area contributed by atoms with Crippen LogP contribution in [0.2, 0.25) is 0 Å². The van der Waals surface area contributed by atoms with E-state index in [4.69, 9.17) is 4.74 Å². The third-order valence-corrected chi connectivity index (χ3v) is 3.28. The number of nitrogens with zero attached hydrogens (tertiary/aromatic N) is 2. The average Bonchev–Trinajstić information content (AvgIpc) is 2.96. The summed E-state index contributed by atoms with van der Waals surface area (Å²) < 4.78 is 6.99. The Balaban J connectivity index is 1.80. The molecule has 1 aromatic heterocycles. The molecule has 0 aliphatic heterocycles. The molecule has 20 heavy (non-hydrogen) atoms. The number of aryl methyl sites for hydroxylation is 1. The topological polar surface area (TPSA) is 59.3 Å². The van der Waals surface area contributed by atoms with Crippen molar-refractivity contribution in [1.82, 2.24) is 15.1 Å². The Bertz CT molecular complexity index is 526. The van der Waals surface area contributed by atoms with E-state index in [0.29, 0.717) is 5.75 Å². The van der Waals surface area contributed by atoms with E-state index < -0.39 is 0 Å². The van der Waals surface area contributed by atoms with Crippen LogP contribution in [-0.2, 0) is 6.54 Å². The zero-order chi connectivity index (χ0) is 14.4. The van der Waals surface area contributed by atoms with E-state index in [2.05, 4.69) is 10.4 Å². The van der Waals surface area contributed by atoms with Gasteiger partial charge in [0, 0.05) is 36.6 Å². The summed E-state index contributed by atoms with van der Waals surface area (Å²) in [7, 11) is 1.59. The van der Waals surface area contributed by atoms with E-state index in [9.17, 15) is 5.11 Å². The van der Waals surface area contributed by atoms with Crippen LogP contribution < -0.4 is 10.1 Å². The van der Waals surface area contributed by atoms with Crippen LogP contribution in [0, 0.1) is 0 Å². The average molecular weight is 275 g/mol. The van der Waals surface area contributed by atoms with Gasteiger partial charge in [-0.15, -0.1) is 0 Å². The number of hydrogen-bond acceptors (Lipinski definition) is 4. The van der Waals surface area contributed by atoms with Gasteiger partial charge in [-0.25, -0.2) is 0 Å². The Labute approximate surface area is 119 Å². The first-order valence-electron chi connectivity index (χ1n) is 6.78. The van der Waals surface area contributed by atoms with Crippen LogP contribution in [0.5, 0.6) is 11.5 Å². The van der Waals surface area contributed by atoms with Crippen LogP contribution in [0.25, 0.3) is 0 Å². The van der Waals surface area contributed by atoms with Crippen LogP contribution in [0.15, 0.2) is 36.7 Å². The van der Waals surface area contributed by atoms with Crippen molar-refractivity contribution in [3.8, 4) is 11.5 Å². The van der Waals surface area contributed by atoms with Gasteiger partial charge in [0.25, 0.3) is 0 Å². The predicted octanol–water partition coefficient (Wildman–Crippen LogP) is 2.34. The molecule has 0 saturated carbocycles. The third kappa shape index (κ3) is 3.74. The lowest BCUT2D eigenvalue weighted by Crippen LogP contribution is -2.21. The number of ether oxygens (including phenoxy) is 1. The van der Waals surface area contributed by atoms with Gasteiger partial charge in [-0.1, -0.05) is 6.07 Å². The van der Waals surface area contributed by atoms with Gasteiger partial charge < -0.3 is 15.2 Å². The standard InChI is InChI=1S/C15H21N3O2/c1-12(14-6-5-13(20-2)11-15(14)19)16-7-3-9-18-10-4-8-17-18/h4-6,8,10-12,16,19H,3,7,9H2,1-2H3. The first-order chi connectivity index (χ1) is 9.70. The maximum atomic E-state index is 9.97. The summed E-state index contributed by atoms with van der Waals surface area (Å²) in [4.78, 5) is 0. The van der Waals surface area contributed by atoms with Gasteiger partial charge in [-0.2, -0.15) is 5.10 Å². The maximum absolute atomic E-state index is 9.97.